The summed E-state index contributed by atoms with van der Waals surface area (Å²) < 4.78 is 6.17. The van der Waals surface area contributed by atoms with Gasteiger partial charge in [-0.3, -0.25) is 4.98 Å². The van der Waals surface area contributed by atoms with Crippen LogP contribution in [0.5, 0.6) is 5.75 Å². The van der Waals surface area contributed by atoms with Crippen LogP contribution in [-0.2, 0) is 6.54 Å². The van der Waals surface area contributed by atoms with E-state index < -0.39 is 0 Å². The molecule has 0 aliphatic heterocycles. The summed E-state index contributed by atoms with van der Waals surface area (Å²) in [4.78, 5) is 6.08. The molecular formula is C14H16BrN3O. The Kier molecular flexibility index (Phi) is 4.27. The van der Waals surface area contributed by atoms with Crippen molar-refractivity contribution in [1.82, 2.24) is 4.98 Å². The van der Waals surface area contributed by atoms with Crippen LogP contribution in [-0.4, -0.2) is 19.1 Å². The summed E-state index contributed by atoms with van der Waals surface area (Å²) in [6.45, 7) is 0.761. The molecule has 0 aliphatic rings. The molecular weight excluding hydrogens is 306 g/mol. The van der Waals surface area contributed by atoms with E-state index in [4.69, 9.17) is 10.5 Å². The second-order valence-electron chi connectivity index (χ2n) is 4.26. The fourth-order valence-corrected chi connectivity index (χ4v) is 2.50. The quantitative estimate of drug-likeness (QED) is 0.940. The van der Waals surface area contributed by atoms with Gasteiger partial charge in [0.2, 0.25) is 0 Å². The third kappa shape index (κ3) is 3.17. The lowest BCUT2D eigenvalue weighted by molar-refractivity contribution is 0.412. The van der Waals surface area contributed by atoms with Gasteiger partial charge in [-0.2, -0.15) is 0 Å². The molecule has 100 valence electrons. The van der Waals surface area contributed by atoms with Crippen LogP contribution in [0.4, 0.5) is 11.4 Å². The number of hydrogen-bond acceptors (Lipinski definition) is 4. The van der Waals surface area contributed by atoms with Crippen LogP contribution in [0.1, 0.15) is 5.56 Å². The van der Waals surface area contributed by atoms with E-state index in [0.717, 1.165) is 22.5 Å². The summed E-state index contributed by atoms with van der Waals surface area (Å²) in [6, 6.07) is 7.95. The molecule has 0 unspecified atom stereocenters. The van der Waals surface area contributed by atoms with E-state index in [0.29, 0.717) is 5.69 Å². The Balaban J connectivity index is 2.17. The minimum absolute atomic E-state index is 0.678. The van der Waals surface area contributed by atoms with Crippen molar-refractivity contribution in [2.75, 3.05) is 24.8 Å². The summed E-state index contributed by atoms with van der Waals surface area (Å²) in [5.41, 5.74) is 8.74. The number of nitrogens with zero attached hydrogens (tertiary/aromatic N) is 2. The first-order valence-electron chi connectivity index (χ1n) is 5.85. The van der Waals surface area contributed by atoms with Crippen molar-refractivity contribution in [1.29, 1.82) is 0 Å². The standard InChI is InChI=1S/C14H16BrN3O/c1-18(13-5-6-17-8-12(13)16)9-10-3-4-14(19-2)11(15)7-10/h3-8H,9,16H2,1-2H3. The molecule has 5 heteroatoms. The number of hydrogen-bond donors (Lipinski definition) is 1. The Morgan fingerprint density at radius 2 is 2.16 bits per heavy atom. The SMILES string of the molecule is COc1ccc(CN(C)c2ccncc2N)cc1Br. The summed E-state index contributed by atoms with van der Waals surface area (Å²) in [7, 11) is 3.66. The molecule has 2 N–H and O–H groups in total. The maximum absolute atomic E-state index is 5.92. The highest BCUT2D eigenvalue weighted by Crippen LogP contribution is 2.27. The molecule has 2 rings (SSSR count). The molecule has 0 saturated carbocycles. The minimum atomic E-state index is 0.678. The number of benzene rings is 1. The zero-order valence-corrected chi connectivity index (χ0v) is 12.5. The van der Waals surface area contributed by atoms with Crippen molar-refractivity contribution < 1.29 is 4.74 Å². The topological polar surface area (TPSA) is 51.4 Å². The number of pyridine rings is 1. The van der Waals surface area contributed by atoms with Gasteiger partial charge in [0.1, 0.15) is 5.75 Å². The van der Waals surface area contributed by atoms with Crippen LogP contribution in [0.15, 0.2) is 41.1 Å². The molecule has 0 radical (unpaired) electrons. The number of halogens is 1. The Morgan fingerprint density at radius 1 is 1.37 bits per heavy atom. The van der Waals surface area contributed by atoms with E-state index in [2.05, 4.69) is 25.8 Å². The predicted octanol–water partition coefficient (Wildman–Crippen LogP) is 3.07. The lowest BCUT2D eigenvalue weighted by Gasteiger charge is -2.21. The van der Waals surface area contributed by atoms with Crippen LogP contribution in [0.3, 0.4) is 0 Å². The van der Waals surface area contributed by atoms with E-state index in [1.165, 1.54) is 5.56 Å². The van der Waals surface area contributed by atoms with E-state index >= 15 is 0 Å². The lowest BCUT2D eigenvalue weighted by Crippen LogP contribution is -2.17. The molecule has 19 heavy (non-hydrogen) atoms. The molecule has 0 atom stereocenters. The van der Waals surface area contributed by atoms with Crippen LogP contribution in [0.2, 0.25) is 0 Å². The van der Waals surface area contributed by atoms with Gasteiger partial charge in [0.15, 0.2) is 0 Å². The molecule has 1 aromatic carbocycles. The van der Waals surface area contributed by atoms with Crippen LogP contribution < -0.4 is 15.4 Å². The number of aromatic nitrogens is 1. The molecule has 0 bridgehead atoms. The van der Waals surface area contributed by atoms with Gasteiger partial charge in [0, 0.05) is 19.8 Å². The summed E-state index contributed by atoms with van der Waals surface area (Å²) >= 11 is 3.49. The molecule has 1 aromatic heterocycles. The molecule has 0 amide bonds. The average molecular weight is 322 g/mol. The van der Waals surface area contributed by atoms with Crippen LogP contribution in [0, 0.1) is 0 Å². The first-order chi connectivity index (χ1) is 9.11. The van der Waals surface area contributed by atoms with Gasteiger partial charge in [0.05, 0.1) is 29.2 Å². The number of methoxy groups -OCH3 is 1. The second kappa shape index (κ2) is 5.93. The first kappa shape index (κ1) is 13.7. The third-order valence-electron chi connectivity index (χ3n) is 2.88. The van der Waals surface area contributed by atoms with Gasteiger partial charge in [-0.15, -0.1) is 0 Å². The van der Waals surface area contributed by atoms with E-state index in [1.807, 2.05) is 31.3 Å². The van der Waals surface area contributed by atoms with Gasteiger partial charge in [0.25, 0.3) is 0 Å². The van der Waals surface area contributed by atoms with Crippen LogP contribution >= 0.6 is 15.9 Å². The fourth-order valence-electron chi connectivity index (χ4n) is 1.91. The number of anilines is 2. The Labute approximate surface area is 121 Å². The molecule has 0 spiro atoms. The summed E-state index contributed by atoms with van der Waals surface area (Å²) in [5, 5.41) is 0. The second-order valence-corrected chi connectivity index (χ2v) is 5.11. The lowest BCUT2D eigenvalue weighted by atomic mass is 10.2. The highest BCUT2D eigenvalue weighted by molar-refractivity contribution is 9.10. The Bertz CT molecular complexity index is 574. The number of ether oxygens (including phenoxy) is 1. The number of nitrogen functional groups attached to an aromatic ring is 1. The first-order valence-corrected chi connectivity index (χ1v) is 6.64. The normalized spacial score (nSPS) is 10.3. The smallest absolute Gasteiger partial charge is 0.133 e. The van der Waals surface area contributed by atoms with Crippen molar-refractivity contribution in [2.24, 2.45) is 0 Å². The van der Waals surface area contributed by atoms with Crippen molar-refractivity contribution in [3.05, 3.63) is 46.7 Å². The maximum Gasteiger partial charge on any atom is 0.133 e. The fraction of sp³-hybridized carbons (Fsp3) is 0.214. The zero-order chi connectivity index (χ0) is 13.8. The Hall–Kier alpha value is -1.75. The van der Waals surface area contributed by atoms with Crippen LogP contribution in [0.25, 0.3) is 0 Å². The van der Waals surface area contributed by atoms with Gasteiger partial charge in [-0.25, -0.2) is 0 Å². The molecule has 1 heterocycles. The van der Waals surface area contributed by atoms with Gasteiger partial charge in [-0.1, -0.05) is 6.07 Å². The summed E-state index contributed by atoms with van der Waals surface area (Å²) in [5.74, 6) is 0.829. The Morgan fingerprint density at radius 3 is 2.79 bits per heavy atom. The van der Waals surface area contributed by atoms with Crippen molar-refractivity contribution in [3.63, 3.8) is 0 Å². The van der Waals surface area contributed by atoms with E-state index in [-0.39, 0.29) is 0 Å². The van der Waals surface area contributed by atoms with Gasteiger partial charge >= 0.3 is 0 Å². The van der Waals surface area contributed by atoms with E-state index in [1.54, 1.807) is 19.5 Å². The molecule has 0 fully saturated rings. The zero-order valence-electron chi connectivity index (χ0n) is 10.9. The molecule has 4 nitrogen and oxygen atoms in total. The van der Waals surface area contributed by atoms with Crippen molar-refractivity contribution in [2.45, 2.75) is 6.54 Å². The largest absolute Gasteiger partial charge is 0.496 e. The minimum Gasteiger partial charge on any atom is -0.496 e. The summed E-state index contributed by atoms with van der Waals surface area (Å²) in [6.07, 6.45) is 3.40. The highest BCUT2D eigenvalue weighted by atomic mass is 79.9. The molecule has 2 aromatic rings. The highest BCUT2D eigenvalue weighted by Gasteiger charge is 2.07. The van der Waals surface area contributed by atoms with Crippen molar-refractivity contribution in [3.8, 4) is 5.75 Å². The number of rotatable bonds is 4. The average Bonchev–Trinajstić information content (AvgIpc) is 2.39. The van der Waals surface area contributed by atoms with Gasteiger partial charge in [-0.05, 0) is 39.7 Å². The number of nitrogens with two attached hydrogens (primary N) is 1. The maximum atomic E-state index is 5.92. The molecule has 0 saturated heterocycles. The van der Waals surface area contributed by atoms with Crippen molar-refractivity contribution >= 4 is 27.3 Å². The van der Waals surface area contributed by atoms with E-state index in [9.17, 15) is 0 Å². The molecule has 0 aliphatic carbocycles. The third-order valence-corrected chi connectivity index (χ3v) is 3.49. The predicted molar refractivity (Wildman–Crippen MR) is 81.5 cm³/mol. The van der Waals surface area contributed by atoms with Gasteiger partial charge < -0.3 is 15.4 Å². The monoisotopic (exact) mass is 321 g/mol.